The summed E-state index contributed by atoms with van der Waals surface area (Å²) in [5, 5.41) is 4.48. The number of imide groups is 1. The number of nitrogens with one attached hydrogen (secondary N) is 1. The fourth-order valence-corrected chi connectivity index (χ4v) is 3.48. The van der Waals surface area contributed by atoms with Crippen LogP contribution in [0.15, 0.2) is 41.8 Å². The Balaban J connectivity index is 1.68. The number of amides is 4. The van der Waals surface area contributed by atoms with Gasteiger partial charge in [-0.1, -0.05) is 18.2 Å². The number of benzene rings is 1. The highest BCUT2D eigenvalue weighted by atomic mass is 32.1. The molecule has 0 aliphatic carbocycles. The lowest BCUT2D eigenvalue weighted by atomic mass is 10.1. The summed E-state index contributed by atoms with van der Waals surface area (Å²) < 4.78 is 0. The number of rotatable bonds is 5. The predicted octanol–water partition coefficient (Wildman–Crippen LogP) is 2.63. The first-order valence-electron chi connectivity index (χ1n) is 7.95. The lowest BCUT2D eigenvalue weighted by Gasteiger charge is -2.24. The van der Waals surface area contributed by atoms with Crippen LogP contribution in [-0.2, 0) is 11.3 Å². The summed E-state index contributed by atoms with van der Waals surface area (Å²) in [6.45, 7) is 2.25. The van der Waals surface area contributed by atoms with Crippen LogP contribution in [0.1, 0.15) is 33.8 Å². The van der Waals surface area contributed by atoms with Gasteiger partial charge in [0.15, 0.2) is 0 Å². The lowest BCUT2D eigenvalue weighted by Crippen LogP contribution is -2.30. The highest BCUT2D eigenvalue weighted by Crippen LogP contribution is 2.24. The van der Waals surface area contributed by atoms with Gasteiger partial charge in [0.05, 0.1) is 19.1 Å². The van der Waals surface area contributed by atoms with Crippen LogP contribution in [0.3, 0.4) is 0 Å². The fraction of sp³-hybridized carbons (Fsp3) is 0.278. The minimum atomic E-state index is -0.380. The largest absolute Gasteiger partial charge is 0.334 e. The molecule has 2 aromatic rings. The summed E-state index contributed by atoms with van der Waals surface area (Å²) in [6.07, 6.45) is 0. The van der Waals surface area contributed by atoms with Gasteiger partial charge in [-0.2, -0.15) is 0 Å². The molecule has 4 amide bonds. The topological polar surface area (TPSA) is 69.7 Å². The number of urea groups is 1. The van der Waals surface area contributed by atoms with E-state index in [-0.39, 0.29) is 37.0 Å². The maximum absolute atomic E-state index is 12.6. The average molecular weight is 357 g/mol. The molecule has 2 heterocycles. The van der Waals surface area contributed by atoms with Crippen molar-refractivity contribution >= 4 is 29.2 Å². The van der Waals surface area contributed by atoms with E-state index >= 15 is 0 Å². The van der Waals surface area contributed by atoms with Crippen molar-refractivity contribution < 1.29 is 14.4 Å². The Bertz CT molecular complexity index is 770. The highest BCUT2D eigenvalue weighted by Gasteiger charge is 2.28. The Hall–Kier alpha value is -2.67. The molecule has 1 aliphatic heterocycles. The van der Waals surface area contributed by atoms with Crippen molar-refractivity contribution in [2.45, 2.75) is 19.5 Å². The summed E-state index contributed by atoms with van der Waals surface area (Å²) in [7, 11) is 1.79. The van der Waals surface area contributed by atoms with Crippen molar-refractivity contribution in [3.8, 4) is 0 Å². The second-order valence-corrected chi connectivity index (χ2v) is 6.92. The van der Waals surface area contributed by atoms with E-state index in [9.17, 15) is 14.4 Å². The molecule has 0 bridgehead atoms. The molecule has 3 rings (SSSR count). The lowest BCUT2D eigenvalue weighted by molar-refractivity contribution is -0.125. The quantitative estimate of drug-likeness (QED) is 0.837. The third kappa shape index (κ3) is 3.56. The third-order valence-corrected chi connectivity index (χ3v) is 5.38. The highest BCUT2D eigenvalue weighted by molar-refractivity contribution is 7.10. The number of carbonyl (C=O) groups excluding carboxylic acids is 3. The minimum Gasteiger partial charge on any atom is -0.334 e. The molecule has 1 aromatic heterocycles. The summed E-state index contributed by atoms with van der Waals surface area (Å²) in [5.41, 5.74) is 1.38. The van der Waals surface area contributed by atoms with Crippen molar-refractivity contribution in [1.29, 1.82) is 0 Å². The Morgan fingerprint density at radius 2 is 2.00 bits per heavy atom. The van der Waals surface area contributed by atoms with E-state index in [4.69, 9.17) is 0 Å². The monoisotopic (exact) mass is 357 g/mol. The van der Waals surface area contributed by atoms with E-state index < -0.39 is 0 Å². The van der Waals surface area contributed by atoms with Gasteiger partial charge in [0.25, 0.3) is 5.91 Å². The Kier molecular flexibility index (Phi) is 4.85. The molecule has 1 aromatic carbocycles. The number of nitrogens with zero attached hydrogens (tertiary/aromatic N) is 2. The van der Waals surface area contributed by atoms with E-state index in [0.29, 0.717) is 5.56 Å². The first-order chi connectivity index (χ1) is 12.0. The van der Waals surface area contributed by atoms with Crippen LogP contribution in [0.4, 0.5) is 4.79 Å². The van der Waals surface area contributed by atoms with E-state index in [1.165, 1.54) is 4.90 Å². The predicted molar refractivity (Wildman–Crippen MR) is 95.2 cm³/mol. The molecule has 1 N–H and O–H groups in total. The fourth-order valence-electron chi connectivity index (χ4n) is 2.65. The maximum atomic E-state index is 12.6. The van der Waals surface area contributed by atoms with Gasteiger partial charge >= 0.3 is 6.03 Å². The molecule has 0 radical (unpaired) electrons. The Morgan fingerprint density at radius 1 is 1.28 bits per heavy atom. The third-order valence-electron chi connectivity index (χ3n) is 4.33. The standard InChI is InChI=1S/C18H19N3O3S/c1-12(15-4-3-9-25-15)20(2)17(23)14-7-5-13(6-8-14)11-21-16(22)10-19-18(21)24/h3-9,12H,10-11H2,1-2H3,(H,19,24)/t12-/m1/s1. The van der Waals surface area contributed by atoms with Gasteiger partial charge < -0.3 is 10.2 Å². The molecule has 1 fully saturated rings. The minimum absolute atomic E-state index is 0.00176. The first kappa shape index (κ1) is 17.2. The smallest absolute Gasteiger partial charge is 0.324 e. The molecule has 0 unspecified atom stereocenters. The van der Waals surface area contributed by atoms with Crippen LogP contribution in [0.25, 0.3) is 0 Å². The molecular weight excluding hydrogens is 338 g/mol. The zero-order valence-electron chi connectivity index (χ0n) is 14.1. The van der Waals surface area contributed by atoms with Gasteiger partial charge in [-0.25, -0.2) is 4.79 Å². The van der Waals surface area contributed by atoms with Gasteiger partial charge in [-0.15, -0.1) is 11.3 Å². The number of carbonyl (C=O) groups is 3. The summed E-state index contributed by atoms with van der Waals surface area (Å²) in [4.78, 5) is 39.8. The van der Waals surface area contributed by atoms with Gasteiger partial charge in [-0.05, 0) is 36.1 Å². The van der Waals surface area contributed by atoms with Gasteiger partial charge in [-0.3, -0.25) is 14.5 Å². The van der Waals surface area contributed by atoms with Gasteiger partial charge in [0.1, 0.15) is 0 Å². The molecule has 1 aliphatic rings. The van der Waals surface area contributed by atoms with E-state index in [2.05, 4.69) is 5.32 Å². The van der Waals surface area contributed by atoms with Crippen molar-refractivity contribution in [2.75, 3.05) is 13.6 Å². The van der Waals surface area contributed by atoms with Gasteiger partial charge in [0.2, 0.25) is 5.91 Å². The number of hydrogen-bond donors (Lipinski definition) is 1. The molecule has 1 saturated heterocycles. The average Bonchev–Trinajstić information content (AvgIpc) is 3.26. The van der Waals surface area contributed by atoms with Crippen LogP contribution in [0, 0.1) is 0 Å². The van der Waals surface area contributed by atoms with Crippen molar-refractivity contribution in [1.82, 2.24) is 15.1 Å². The van der Waals surface area contributed by atoms with Crippen LogP contribution in [0.5, 0.6) is 0 Å². The van der Waals surface area contributed by atoms with Crippen molar-refractivity contribution in [3.63, 3.8) is 0 Å². The van der Waals surface area contributed by atoms with E-state index in [1.807, 2.05) is 24.4 Å². The number of hydrogen-bond acceptors (Lipinski definition) is 4. The maximum Gasteiger partial charge on any atom is 0.324 e. The molecule has 130 valence electrons. The summed E-state index contributed by atoms with van der Waals surface area (Å²) in [5.74, 6) is -0.308. The molecule has 25 heavy (non-hydrogen) atoms. The van der Waals surface area contributed by atoms with E-state index in [1.54, 1.807) is 47.5 Å². The second-order valence-electron chi connectivity index (χ2n) is 5.94. The summed E-state index contributed by atoms with van der Waals surface area (Å²) in [6, 6.07) is 10.6. The van der Waals surface area contributed by atoms with Crippen molar-refractivity contribution in [2.24, 2.45) is 0 Å². The Labute approximate surface area is 150 Å². The molecule has 6 nitrogen and oxygen atoms in total. The van der Waals surface area contributed by atoms with E-state index in [0.717, 1.165) is 10.4 Å². The SMILES string of the molecule is C[C@H](c1cccs1)N(C)C(=O)c1ccc(CN2C(=O)CNC2=O)cc1. The van der Waals surface area contributed by atoms with Gasteiger partial charge in [0, 0.05) is 17.5 Å². The van der Waals surface area contributed by atoms with Crippen LogP contribution < -0.4 is 5.32 Å². The molecule has 0 spiro atoms. The molecule has 7 heteroatoms. The van der Waals surface area contributed by atoms with Crippen LogP contribution in [-0.4, -0.2) is 41.2 Å². The normalized spacial score (nSPS) is 15.2. The van der Waals surface area contributed by atoms with Crippen molar-refractivity contribution in [3.05, 3.63) is 57.8 Å². The Morgan fingerprint density at radius 3 is 2.56 bits per heavy atom. The second kappa shape index (κ2) is 7.06. The van der Waals surface area contributed by atoms with Crippen LogP contribution in [0.2, 0.25) is 0 Å². The van der Waals surface area contributed by atoms with Crippen LogP contribution >= 0.6 is 11.3 Å². The molecule has 0 saturated carbocycles. The molecule has 1 atom stereocenters. The zero-order valence-corrected chi connectivity index (χ0v) is 14.9. The zero-order chi connectivity index (χ0) is 18.0. The summed E-state index contributed by atoms with van der Waals surface area (Å²) >= 11 is 1.62. The first-order valence-corrected chi connectivity index (χ1v) is 8.83. The number of thiophene rings is 1. The molecular formula is C18H19N3O3S.